The number of amides is 2. The Kier molecular flexibility index (Phi) is 5.09. The summed E-state index contributed by atoms with van der Waals surface area (Å²) in [7, 11) is 0. The van der Waals surface area contributed by atoms with Crippen LogP contribution in [-0.2, 0) is 15.0 Å². The van der Waals surface area contributed by atoms with Crippen molar-refractivity contribution in [2.75, 3.05) is 10.3 Å². The molecule has 1 atom stereocenters. The number of carbonyl (C=O) groups is 2. The zero-order valence-corrected chi connectivity index (χ0v) is 16.1. The lowest BCUT2D eigenvalue weighted by Crippen LogP contribution is -2.39. The maximum atomic E-state index is 12.7. The van der Waals surface area contributed by atoms with Gasteiger partial charge in [-0.1, -0.05) is 45.0 Å². The lowest BCUT2D eigenvalue weighted by Gasteiger charge is -2.20. The molecule has 0 fully saturated rings. The van der Waals surface area contributed by atoms with Gasteiger partial charge in [0.15, 0.2) is 0 Å². The quantitative estimate of drug-likeness (QED) is 0.709. The van der Waals surface area contributed by atoms with E-state index in [9.17, 15) is 14.7 Å². The molecule has 2 amide bonds. The number of primary amides is 1. The highest BCUT2D eigenvalue weighted by Crippen LogP contribution is 2.31. The molecule has 146 valence electrons. The summed E-state index contributed by atoms with van der Waals surface area (Å²) >= 11 is 0. The fraction of sp³-hybridized carbons (Fsp3) is 0.286. The highest BCUT2D eigenvalue weighted by Gasteiger charge is 2.35. The number of hydrogen-bond donors (Lipinski definition) is 3. The Hall–Kier alpha value is -3.35. The second kappa shape index (κ2) is 7.34. The van der Waals surface area contributed by atoms with Gasteiger partial charge in [-0.15, -0.1) is 0 Å². The summed E-state index contributed by atoms with van der Waals surface area (Å²) in [5, 5.41) is 18.6. The molecular weight excluding hydrogens is 356 g/mol. The zero-order chi connectivity index (χ0) is 20.5. The molecule has 1 heterocycles. The van der Waals surface area contributed by atoms with Gasteiger partial charge in [-0.05, 0) is 35.2 Å². The summed E-state index contributed by atoms with van der Waals surface area (Å²) in [6.45, 7) is 6.13. The van der Waals surface area contributed by atoms with E-state index in [1.54, 1.807) is 24.3 Å². The summed E-state index contributed by atoms with van der Waals surface area (Å²) in [6, 6.07) is 13.4. The monoisotopic (exact) mass is 380 g/mol. The minimum absolute atomic E-state index is 0.0358. The van der Waals surface area contributed by atoms with E-state index in [1.807, 2.05) is 45.0 Å². The van der Waals surface area contributed by atoms with E-state index in [0.29, 0.717) is 11.4 Å². The SMILES string of the molecule is CC(C)(C)c1ccc(O)c(NC(=O)C2=NN(c3ccccc3)C(C(N)=O)C2)c1. The van der Waals surface area contributed by atoms with E-state index in [4.69, 9.17) is 5.73 Å². The van der Waals surface area contributed by atoms with Crippen molar-refractivity contribution in [2.24, 2.45) is 10.8 Å². The van der Waals surface area contributed by atoms with Crippen LogP contribution >= 0.6 is 0 Å². The molecule has 3 rings (SSSR count). The van der Waals surface area contributed by atoms with Crippen LogP contribution in [0, 0.1) is 0 Å². The van der Waals surface area contributed by atoms with Crippen molar-refractivity contribution in [2.45, 2.75) is 38.6 Å². The molecule has 1 aliphatic heterocycles. The number of nitrogens with zero attached hydrogens (tertiary/aromatic N) is 2. The maximum Gasteiger partial charge on any atom is 0.272 e. The van der Waals surface area contributed by atoms with Crippen molar-refractivity contribution < 1.29 is 14.7 Å². The number of nitrogens with two attached hydrogens (primary N) is 1. The number of anilines is 2. The van der Waals surface area contributed by atoms with E-state index in [1.165, 1.54) is 5.01 Å². The van der Waals surface area contributed by atoms with Crippen LogP contribution in [0.3, 0.4) is 0 Å². The predicted molar refractivity (Wildman–Crippen MR) is 109 cm³/mol. The Labute approximate surface area is 163 Å². The number of phenols is 1. The van der Waals surface area contributed by atoms with E-state index < -0.39 is 17.9 Å². The van der Waals surface area contributed by atoms with Crippen molar-refractivity contribution in [1.82, 2.24) is 0 Å². The molecule has 28 heavy (non-hydrogen) atoms. The molecule has 1 unspecified atom stereocenters. The third-order valence-electron chi connectivity index (χ3n) is 4.63. The van der Waals surface area contributed by atoms with Gasteiger partial charge in [0.25, 0.3) is 5.91 Å². The van der Waals surface area contributed by atoms with Crippen molar-refractivity contribution in [1.29, 1.82) is 0 Å². The lowest BCUT2D eigenvalue weighted by molar-refractivity contribution is -0.119. The average Bonchev–Trinajstić information content (AvgIpc) is 3.09. The maximum absolute atomic E-state index is 12.7. The molecule has 0 spiro atoms. The van der Waals surface area contributed by atoms with Crippen molar-refractivity contribution in [3.63, 3.8) is 0 Å². The first-order chi connectivity index (χ1) is 13.2. The molecule has 2 aromatic carbocycles. The number of para-hydroxylation sites is 1. The van der Waals surface area contributed by atoms with Crippen molar-refractivity contribution >= 4 is 28.9 Å². The Morgan fingerprint density at radius 2 is 1.86 bits per heavy atom. The number of nitrogens with one attached hydrogen (secondary N) is 1. The zero-order valence-electron chi connectivity index (χ0n) is 16.1. The minimum atomic E-state index is -0.738. The van der Waals surface area contributed by atoms with Crippen LogP contribution in [0.5, 0.6) is 5.75 Å². The molecule has 7 heteroatoms. The number of rotatable bonds is 4. The lowest BCUT2D eigenvalue weighted by atomic mass is 9.87. The van der Waals surface area contributed by atoms with Gasteiger partial charge < -0.3 is 16.2 Å². The first-order valence-corrected chi connectivity index (χ1v) is 9.03. The summed E-state index contributed by atoms with van der Waals surface area (Å²) in [6.07, 6.45) is 0.0930. The molecule has 0 aromatic heterocycles. The second-order valence-corrected chi connectivity index (χ2v) is 7.79. The third-order valence-corrected chi connectivity index (χ3v) is 4.63. The van der Waals surface area contributed by atoms with Gasteiger partial charge >= 0.3 is 0 Å². The molecule has 2 aromatic rings. The number of carbonyl (C=O) groups excluding carboxylic acids is 2. The summed E-state index contributed by atoms with van der Waals surface area (Å²) in [4.78, 5) is 24.6. The Bertz CT molecular complexity index is 932. The van der Waals surface area contributed by atoms with Crippen LogP contribution < -0.4 is 16.1 Å². The summed E-state index contributed by atoms with van der Waals surface area (Å²) in [5.41, 5.74) is 7.48. The molecule has 0 aliphatic carbocycles. The highest BCUT2D eigenvalue weighted by molar-refractivity contribution is 6.44. The fourth-order valence-electron chi connectivity index (χ4n) is 2.98. The molecule has 0 saturated carbocycles. The smallest absolute Gasteiger partial charge is 0.272 e. The minimum Gasteiger partial charge on any atom is -0.506 e. The van der Waals surface area contributed by atoms with E-state index in [2.05, 4.69) is 10.4 Å². The second-order valence-electron chi connectivity index (χ2n) is 7.79. The summed E-state index contributed by atoms with van der Waals surface area (Å²) < 4.78 is 0. The van der Waals surface area contributed by atoms with E-state index >= 15 is 0 Å². The molecule has 1 aliphatic rings. The Morgan fingerprint density at radius 1 is 1.18 bits per heavy atom. The van der Waals surface area contributed by atoms with Gasteiger partial charge in [0.05, 0.1) is 11.4 Å². The van der Waals surface area contributed by atoms with Crippen molar-refractivity contribution in [3.8, 4) is 5.75 Å². The third kappa shape index (κ3) is 3.98. The molecular formula is C21H24N4O3. The molecule has 7 nitrogen and oxygen atoms in total. The number of phenolic OH excluding ortho intramolecular Hbond substituents is 1. The Balaban J connectivity index is 1.86. The van der Waals surface area contributed by atoms with Crippen LogP contribution in [-0.4, -0.2) is 28.7 Å². The van der Waals surface area contributed by atoms with Crippen LogP contribution in [0.25, 0.3) is 0 Å². The van der Waals surface area contributed by atoms with Gasteiger partial charge in [-0.3, -0.25) is 14.6 Å². The first kappa shape index (κ1) is 19.4. The standard InChI is InChI=1S/C21H24N4O3/c1-21(2,3)13-9-10-18(26)15(11-13)23-20(28)16-12-17(19(22)27)25(24-16)14-7-5-4-6-8-14/h4-11,17,26H,12H2,1-3H3,(H2,22,27)(H,23,28). The normalized spacial score (nSPS) is 16.6. The van der Waals surface area contributed by atoms with E-state index in [-0.39, 0.29) is 23.3 Å². The van der Waals surface area contributed by atoms with Gasteiger partial charge in [0, 0.05) is 6.42 Å². The average molecular weight is 380 g/mol. The first-order valence-electron chi connectivity index (χ1n) is 9.03. The topological polar surface area (TPSA) is 108 Å². The van der Waals surface area contributed by atoms with Gasteiger partial charge in [0.2, 0.25) is 5.91 Å². The molecule has 0 radical (unpaired) electrons. The summed E-state index contributed by atoms with van der Waals surface area (Å²) in [5.74, 6) is -1.08. The van der Waals surface area contributed by atoms with Crippen LogP contribution in [0.2, 0.25) is 0 Å². The van der Waals surface area contributed by atoms with Gasteiger partial charge in [0.1, 0.15) is 17.5 Å². The number of benzene rings is 2. The van der Waals surface area contributed by atoms with Crippen molar-refractivity contribution in [3.05, 3.63) is 54.1 Å². The number of aromatic hydroxyl groups is 1. The molecule has 0 bridgehead atoms. The van der Waals surface area contributed by atoms with Crippen LogP contribution in [0.4, 0.5) is 11.4 Å². The van der Waals surface area contributed by atoms with Gasteiger partial charge in [-0.25, -0.2) is 0 Å². The Morgan fingerprint density at radius 3 is 2.46 bits per heavy atom. The van der Waals surface area contributed by atoms with Crippen LogP contribution in [0.1, 0.15) is 32.8 Å². The largest absolute Gasteiger partial charge is 0.506 e. The fourth-order valence-corrected chi connectivity index (χ4v) is 2.98. The molecule has 4 N–H and O–H groups in total. The van der Waals surface area contributed by atoms with Crippen LogP contribution in [0.15, 0.2) is 53.6 Å². The molecule has 0 saturated heterocycles. The van der Waals surface area contributed by atoms with Gasteiger partial charge in [-0.2, -0.15) is 5.10 Å². The highest BCUT2D eigenvalue weighted by atomic mass is 16.3. The number of hydrazone groups is 1. The predicted octanol–water partition coefficient (Wildman–Crippen LogP) is 2.75. The van der Waals surface area contributed by atoms with E-state index in [0.717, 1.165) is 5.56 Å². The number of hydrogen-bond acceptors (Lipinski definition) is 5.